The van der Waals surface area contributed by atoms with E-state index in [1.54, 1.807) is 0 Å². The third-order valence-electron chi connectivity index (χ3n) is 8.96. The molecule has 0 aromatic rings. The van der Waals surface area contributed by atoms with Gasteiger partial charge in [-0.2, -0.15) is 0 Å². The Bertz CT molecular complexity index is 1220. The van der Waals surface area contributed by atoms with Gasteiger partial charge in [0, 0.05) is 19.3 Å². The number of epoxide rings is 2. The van der Waals surface area contributed by atoms with E-state index in [9.17, 15) is 20.1 Å². The van der Waals surface area contributed by atoms with Gasteiger partial charge in [-0.1, -0.05) is 53.2 Å². The molecule has 8 atom stereocenters. The maximum absolute atomic E-state index is 14.5. The van der Waals surface area contributed by atoms with E-state index in [1.807, 2.05) is 65.8 Å². The molecule has 0 aromatic carbocycles. The summed E-state index contributed by atoms with van der Waals surface area (Å²) in [6, 6.07) is 0. The van der Waals surface area contributed by atoms with E-state index in [1.165, 1.54) is 0 Å². The van der Waals surface area contributed by atoms with Gasteiger partial charge in [0.05, 0.1) is 17.6 Å². The van der Waals surface area contributed by atoms with Crippen molar-refractivity contribution in [3.05, 3.63) is 69.9 Å². The van der Waals surface area contributed by atoms with Gasteiger partial charge in [0.15, 0.2) is 11.4 Å². The largest absolute Gasteiger partial charge is 0.390 e. The fraction of sp³-hybridized carbons (Fsp3) is 0.594. The molecule has 6 heteroatoms. The molecule has 2 heterocycles. The summed E-state index contributed by atoms with van der Waals surface area (Å²) in [7, 11) is 0. The van der Waals surface area contributed by atoms with E-state index >= 15 is 0 Å². The molecule has 3 N–H and O–H groups in total. The molecule has 2 saturated heterocycles. The van der Waals surface area contributed by atoms with Crippen LogP contribution in [0.2, 0.25) is 0 Å². The molecular formula is C32H42O6. The number of Topliss-reactive ketones (excluding diaryl/α,β-unsaturated/α-hetero) is 1. The van der Waals surface area contributed by atoms with Crippen molar-refractivity contribution in [2.75, 3.05) is 0 Å². The summed E-state index contributed by atoms with van der Waals surface area (Å²) in [4.78, 5) is 14.5. The summed E-state index contributed by atoms with van der Waals surface area (Å²) in [5.41, 5.74) is 3.23. The Morgan fingerprint density at radius 2 is 1.68 bits per heavy atom. The minimum Gasteiger partial charge on any atom is -0.390 e. The van der Waals surface area contributed by atoms with Crippen molar-refractivity contribution in [3.63, 3.8) is 0 Å². The van der Waals surface area contributed by atoms with Gasteiger partial charge in [-0.15, -0.1) is 0 Å². The summed E-state index contributed by atoms with van der Waals surface area (Å²) in [6.07, 6.45) is 6.51. The topological polar surface area (TPSA) is 103 Å². The predicted molar refractivity (Wildman–Crippen MR) is 146 cm³/mol. The van der Waals surface area contributed by atoms with Gasteiger partial charge in [0.2, 0.25) is 0 Å². The van der Waals surface area contributed by atoms with Crippen molar-refractivity contribution >= 4 is 5.78 Å². The number of ketones is 1. The van der Waals surface area contributed by atoms with Gasteiger partial charge in [0.25, 0.3) is 0 Å². The molecule has 6 nitrogen and oxygen atoms in total. The van der Waals surface area contributed by atoms with Gasteiger partial charge in [-0.05, 0) is 71.1 Å². The lowest BCUT2D eigenvalue weighted by atomic mass is 9.56. The molecule has 5 rings (SSSR count). The predicted octanol–water partition coefficient (Wildman–Crippen LogP) is 4.57. The van der Waals surface area contributed by atoms with Crippen molar-refractivity contribution in [2.24, 2.45) is 5.41 Å². The first-order valence-corrected chi connectivity index (χ1v) is 13.8. The van der Waals surface area contributed by atoms with E-state index in [-0.39, 0.29) is 18.6 Å². The Kier molecular flexibility index (Phi) is 6.68. The molecule has 38 heavy (non-hydrogen) atoms. The first kappa shape index (κ1) is 27.5. The standard InChI is InChI=1S/C32H42O6/c1-17(2)8-10-31-26(35)22(14-24(33)27(31)37-31)21-13-20(7)15-30(23(21)12-19(5)6)16-25(34)28-32(38-28,29(30)36)11-9-18(3)4/h8-9,12-13,24-28,33-35H,5,10-11,14-16H2,1-4,6-7H3/b22-21+,23-12-/t24-,25-,26+,27-,28-,30+,31+,32-/m0/s1. The molecule has 0 radical (unpaired) electrons. The van der Waals surface area contributed by atoms with Crippen molar-refractivity contribution in [3.8, 4) is 0 Å². The van der Waals surface area contributed by atoms with E-state index in [0.29, 0.717) is 24.8 Å². The quantitative estimate of drug-likeness (QED) is 0.361. The molecule has 0 unspecified atom stereocenters. The van der Waals surface area contributed by atoms with Crippen molar-refractivity contribution in [1.82, 2.24) is 0 Å². The second kappa shape index (κ2) is 9.24. The Morgan fingerprint density at radius 1 is 1.03 bits per heavy atom. The van der Waals surface area contributed by atoms with Gasteiger partial charge < -0.3 is 24.8 Å². The fourth-order valence-electron chi connectivity index (χ4n) is 7.12. The summed E-state index contributed by atoms with van der Waals surface area (Å²) < 4.78 is 12.0. The van der Waals surface area contributed by atoms with E-state index < -0.39 is 47.1 Å². The number of hydrogen-bond donors (Lipinski definition) is 3. The average molecular weight is 523 g/mol. The molecule has 2 saturated carbocycles. The maximum Gasteiger partial charge on any atom is 0.178 e. The average Bonchev–Trinajstić information content (AvgIpc) is 3.73. The van der Waals surface area contributed by atoms with E-state index in [2.05, 4.69) is 6.58 Å². The summed E-state index contributed by atoms with van der Waals surface area (Å²) in [5, 5.41) is 34.0. The van der Waals surface area contributed by atoms with Crippen LogP contribution >= 0.6 is 0 Å². The Morgan fingerprint density at radius 3 is 2.32 bits per heavy atom. The number of carbonyl (C=O) groups excluding carboxylic acids is 1. The molecule has 4 fully saturated rings. The van der Waals surface area contributed by atoms with Crippen molar-refractivity contribution in [1.29, 1.82) is 0 Å². The third-order valence-corrected chi connectivity index (χ3v) is 8.96. The smallest absolute Gasteiger partial charge is 0.178 e. The van der Waals surface area contributed by atoms with Crippen molar-refractivity contribution in [2.45, 2.75) is 115 Å². The number of ether oxygens (including phenoxy) is 2. The highest BCUT2D eigenvalue weighted by molar-refractivity contribution is 6.01. The normalized spacial score (nSPS) is 44.2. The molecule has 0 amide bonds. The number of allylic oxidation sites excluding steroid dienone is 8. The molecule has 2 aliphatic heterocycles. The number of aliphatic hydroxyl groups is 3. The Balaban J connectivity index is 1.66. The van der Waals surface area contributed by atoms with Gasteiger partial charge in [-0.3, -0.25) is 4.79 Å². The van der Waals surface area contributed by atoms with Crippen LogP contribution < -0.4 is 0 Å². The summed E-state index contributed by atoms with van der Waals surface area (Å²) >= 11 is 0. The Hall–Kier alpha value is -2.09. The molecule has 206 valence electrons. The second-order valence-corrected chi connectivity index (χ2v) is 12.8. The van der Waals surface area contributed by atoms with Crippen LogP contribution in [-0.2, 0) is 14.3 Å². The first-order chi connectivity index (χ1) is 17.8. The highest BCUT2D eigenvalue weighted by atomic mass is 16.6. The molecular weight excluding hydrogens is 480 g/mol. The SMILES string of the molecule is C=C(C)/C=C1/C(=C2\C[C@H](O)[C@@H]3O[C@]3(CC=C(C)C)[C@@H]2O)C=C(C)C[C@@]12C[C@H](O)[C@@H]1O[C@]1(CC=C(C)C)C2=O. The lowest BCUT2D eigenvalue weighted by molar-refractivity contribution is -0.135. The molecule has 5 aliphatic rings. The first-order valence-electron chi connectivity index (χ1n) is 13.8. The third kappa shape index (κ3) is 4.16. The molecule has 3 aliphatic carbocycles. The van der Waals surface area contributed by atoms with Crippen LogP contribution in [0.1, 0.15) is 73.6 Å². The maximum atomic E-state index is 14.5. The number of aliphatic hydroxyl groups excluding tert-OH is 3. The van der Waals surface area contributed by atoms with Crippen LogP contribution in [0.4, 0.5) is 0 Å². The zero-order valence-electron chi connectivity index (χ0n) is 23.5. The van der Waals surface area contributed by atoms with E-state index in [0.717, 1.165) is 33.4 Å². The van der Waals surface area contributed by atoms with Crippen LogP contribution in [0.5, 0.6) is 0 Å². The monoisotopic (exact) mass is 522 g/mol. The number of hydrogen-bond acceptors (Lipinski definition) is 6. The van der Waals surface area contributed by atoms with Crippen LogP contribution in [-0.4, -0.2) is 62.8 Å². The zero-order valence-corrected chi connectivity index (χ0v) is 23.5. The highest BCUT2D eigenvalue weighted by Crippen LogP contribution is 2.62. The highest BCUT2D eigenvalue weighted by Gasteiger charge is 2.74. The number of carbonyl (C=O) groups is 1. The Labute approximate surface area is 226 Å². The van der Waals surface area contributed by atoms with Gasteiger partial charge in [0.1, 0.15) is 23.9 Å². The van der Waals surface area contributed by atoms with Crippen LogP contribution in [0.3, 0.4) is 0 Å². The second-order valence-electron chi connectivity index (χ2n) is 12.8. The number of fused-ring (bicyclic) bond motifs is 2. The fourth-order valence-corrected chi connectivity index (χ4v) is 7.12. The molecule has 0 aromatic heterocycles. The van der Waals surface area contributed by atoms with Crippen molar-refractivity contribution < 1.29 is 29.6 Å². The molecule has 0 bridgehead atoms. The van der Waals surface area contributed by atoms with Crippen LogP contribution in [0.25, 0.3) is 0 Å². The van der Waals surface area contributed by atoms with E-state index in [4.69, 9.17) is 9.47 Å². The lowest BCUT2D eigenvalue weighted by Crippen LogP contribution is -2.53. The lowest BCUT2D eigenvalue weighted by Gasteiger charge is -2.45. The van der Waals surface area contributed by atoms with Crippen LogP contribution in [0.15, 0.2) is 69.9 Å². The summed E-state index contributed by atoms with van der Waals surface area (Å²) in [5.74, 6) is -0.0125. The zero-order chi connectivity index (χ0) is 27.8. The van der Waals surface area contributed by atoms with Gasteiger partial charge >= 0.3 is 0 Å². The minimum absolute atomic E-state index is 0.0125. The van der Waals surface area contributed by atoms with Gasteiger partial charge in [-0.25, -0.2) is 0 Å². The summed E-state index contributed by atoms with van der Waals surface area (Å²) in [6.45, 7) is 16.0. The molecule has 1 spiro atoms. The number of rotatable bonds is 5. The van der Waals surface area contributed by atoms with Crippen LogP contribution in [0, 0.1) is 5.41 Å². The minimum atomic E-state index is -1.05.